The molecule has 0 aliphatic rings. The molecule has 1 unspecified atom stereocenters. The van der Waals surface area contributed by atoms with Gasteiger partial charge in [0.05, 0.1) is 16.7 Å². The molecule has 98 valence electrons. The topological polar surface area (TPSA) is 66.4 Å². The average Bonchev–Trinajstić information content (AvgIpc) is 2.34. The van der Waals surface area contributed by atoms with Gasteiger partial charge in [0.2, 0.25) is 5.91 Å². The van der Waals surface area contributed by atoms with Gasteiger partial charge in [-0.1, -0.05) is 30.7 Å². The van der Waals surface area contributed by atoms with E-state index in [1.54, 1.807) is 13.0 Å². The Labute approximate surface area is 115 Å². The Hall–Kier alpha value is -1.20. The zero-order valence-corrected chi connectivity index (χ0v) is 11.4. The van der Waals surface area contributed by atoms with Crippen molar-refractivity contribution < 1.29 is 14.7 Å². The van der Waals surface area contributed by atoms with E-state index in [4.69, 9.17) is 16.7 Å². The van der Waals surface area contributed by atoms with E-state index in [-0.39, 0.29) is 18.2 Å². The van der Waals surface area contributed by atoms with E-state index >= 15 is 0 Å². The number of halogens is 1. The molecule has 18 heavy (non-hydrogen) atoms. The number of hydrogen-bond acceptors (Lipinski definition) is 3. The third-order valence-corrected chi connectivity index (χ3v) is 3.74. The fourth-order valence-electron chi connectivity index (χ4n) is 1.11. The molecule has 0 fully saturated rings. The van der Waals surface area contributed by atoms with Gasteiger partial charge in [-0.15, -0.1) is 11.8 Å². The van der Waals surface area contributed by atoms with Gasteiger partial charge in [-0.05, 0) is 12.1 Å². The van der Waals surface area contributed by atoms with Crippen molar-refractivity contribution in [1.29, 1.82) is 0 Å². The van der Waals surface area contributed by atoms with Crippen molar-refractivity contribution in [3.63, 3.8) is 0 Å². The molecule has 4 nitrogen and oxygen atoms in total. The van der Waals surface area contributed by atoms with Gasteiger partial charge in [-0.25, -0.2) is 0 Å². The first-order valence-corrected chi connectivity index (χ1v) is 6.74. The molecule has 1 amide bonds. The van der Waals surface area contributed by atoms with Crippen LogP contribution in [0.25, 0.3) is 0 Å². The highest BCUT2D eigenvalue weighted by atomic mass is 35.5. The first-order chi connectivity index (χ1) is 8.50. The van der Waals surface area contributed by atoms with Gasteiger partial charge in [-0.3, -0.25) is 9.59 Å². The third kappa shape index (κ3) is 4.98. The van der Waals surface area contributed by atoms with Crippen molar-refractivity contribution in [2.75, 3.05) is 12.3 Å². The quantitative estimate of drug-likeness (QED) is 0.788. The molecular weight excluding hydrogens is 274 g/mol. The lowest BCUT2D eigenvalue weighted by atomic mass is 10.2. The number of aliphatic carboxylic acids is 1. The van der Waals surface area contributed by atoms with Crippen molar-refractivity contribution in [2.24, 2.45) is 5.92 Å². The van der Waals surface area contributed by atoms with Gasteiger partial charge >= 0.3 is 5.97 Å². The first kappa shape index (κ1) is 14.9. The lowest BCUT2D eigenvalue weighted by molar-refractivity contribution is -0.141. The summed E-state index contributed by atoms with van der Waals surface area (Å²) in [7, 11) is 0. The van der Waals surface area contributed by atoms with Gasteiger partial charge in [0, 0.05) is 11.4 Å². The second-order valence-electron chi connectivity index (χ2n) is 3.76. The molecule has 0 aliphatic heterocycles. The Morgan fingerprint density at radius 3 is 2.72 bits per heavy atom. The molecule has 0 radical (unpaired) electrons. The lowest BCUT2D eigenvalue weighted by Crippen LogP contribution is -2.32. The van der Waals surface area contributed by atoms with E-state index in [1.807, 2.05) is 18.2 Å². The summed E-state index contributed by atoms with van der Waals surface area (Å²) in [6.07, 6.45) is 0. The Kier molecular flexibility index (Phi) is 6.01. The molecule has 0 bridgehead atoms. The molecule has 0 saturated carbocycles. The number of nitrogens with one attached hydrogen (secondary N) is 1. The Bertz CT molecular complexity index is 439. The Morgan fingerprint density at radius 1 is 1.44 bits per heavy atom. The molecule has 1 aromatic carbocycles. The van der Waals surface area contributed by atoms with E-state index in [0.29, 0.717) is 5.02 Å². The van der Waals surface area contributed by atoms with E-state index in [1.165, 1.54) is 11.8 Å². The fraction of sp³-hybridized carbons (Fsp3) is 0.333. The van der Waals surface area contributed by atoms with Gasteiger partial charge in [0.25, 0.3) is 0 Å². The minimum atomic E-state index is -0.922. The second-order valence-corrected chi connectivity index (χ2v) is 5.19. The molecule has 1 rings (SSSR count). The Balaban J connectivity index is 2.34. The monoisotopic (exact) mass is 287 g/mol. The minimum absolute atomic E-state index is 0.136. The van der Waals surface area contributed by atoms with Gasteiger partial charge in [0.15, 0.2) is 0 Å². The highest BCUT2D eigenvalue weighted by Crippen LogP contribution is 2.26. The highest BCUT2D eigenvalue weighted by Gasteiger charge is 2.12. The molecule has 1 atom stereocenters. The summed E-state index contributed by atoms with van der Waals surface area (Å²) in [6, 6.07) is 7.26. The summed E-state index contributed by atoms with van der Waals surface area (Å²) in [6.45, 7) is 1.68. The number of hydrogen-bond donors (Lipinski definition) is 2. The molecule has 2 N–H and O–H groups in total. The van der Waals surface area contributed by atoms with Crippen LogP contribution in [0, 0.1) is 5.92 Å². The second kappa shape index (κ2) is 7.28. The van der Waals surface area contributed by atoms with Crippen LogP contribution in [-0.4, -0.2) is 29.3 Å². The average molecular weight is 288 g/mol. The van der Waals surface area contributed by atoms with Crippen LogP contribution in [0.3, 0.4) is 0 Å². The third-order valence-electron chi connectivity index (χ3n) is 2.22. The SMILES string of the molecule is CC(CNC(=O)CSc1ccccc1Cl)C(=O)O. The van der Waals surface area contributed by atoms with Crippen molar-refractivity contribution >= 4 is 35.2 Å². The smallest absolute Gasteiger partial charge is 0.308 e. The maximum absolute atomic E-state index is 11.5. The molecule has 0 heterocycles. The number of thioether (sulfide) groups is 1. The van der Waals surface area contributed by atoms with Gasteiger partial charge in [0.1, 0.15) is 0 Å². The molecule has 1 aromatic rings. The predicted octanol–water partition coefficient (Wildman–Crippen LogP) is 2.27. The maximum Gasteiger partial charge on any atom is 0.308 e. The molecule has 6 heteroatoms. The molecule has 0 aliphatic carbocycles. The van der Waals surface area contributed by atoms with Crippen molar-refractivity contribution in [3.8, 4) is 0 Å². The zero-order chi connectivity index (χ0) is 13.5. The first-order valence-electron chi connectivity index (χ1n) is 5.37. The largest absolute Gasteiger partial charge is 0.481 e. The van der Waals surface area contributed by atoms with Crippen molar-refractivity contribution in [1.82, 2.24) is 5.32 Å². The highest BCUT2D eigenvalue weighted by molar-refractivity contribution is 8.00. The number of rotatable bonds is 6. The van der Waals surface area contributed by atoms with Crippen LogP contribution in [-0.2, 0) is 9.59 Å². The van der Waals surface area contributed by atoms with Crippen molar-refractivity contribution in [2.45, 2.75) is 11.8 Å². The summed E-state index contributed by atoms with van der Waals surface area (Å²) < 4.78 is 0. The van der Waals surface area contributed by atoms with Crippen LogP contribution < -0.4 is 5.32 Å². The number of carbonyl (C=O) groups is 2. The van der Waals surface area contributed by atoms with Crippen LogP contribution in [0.1, 0.15) is 6.92 Å². The van der Waals surface area contributed by atoms with Gasteiger partial charge in [-0.2, -0.15) is 0 Å². The standard InChI is InChI=1S/C12H14ClNO3S/c1-8(12(16)17)6-14-11(15)7-18-10-5-3-2-4-9(10)13/h2-5,8H,6-7H2,1H3,(H,14,15)(H,16,17). The number of carboxylic acids is 1. The van der Waals surface area contributed by atoms with E-state index in [9.17, 15) is 9.59 Å². The Morgan fingerprint density at radius 2 is 2.11 bits per heavy atom. The zero-order valence-electron chi connectivity index (χ0n) is 9.85. The van der Waals surface area contributed by atoms with Crippen LogP contribution in [0.5, 0.6) is 0 Å². The summed E-state index contributed by atoms with van der Waals surface area (Å²) in [5.41, 5.74) is 0. The lowest BCUT2D eigenvalue weighted by Gasteiger charge is -2.08. The van der Waals surface area contributed by atoms with Crippen LogP contribution >= 0.6 is 23.4 Å². The van der Waals surface area contributed by atoms with Crippen molar-refractivity contribution in [3.05, 3.63) is 29.3 Å². The molecular formula is C12H14ClNO3S. The van der Waals surface area contributed by atoms with Crippen LogP contribution in [0.2, 0.25) is 5.02 Å². The minimum Gasteiger partial charge on any atom is -0.481 e. The van der Waals surface area contributed by atoms with Crippen LogP contribution in [0.15, 0.2) is 29.2 Å². The molecule has 0 spiro atoms. The van der Waals surface area contributed by atoms with E-state index in [0.717, 1.165) is 4.90 Å². The number of benzene rings is 1. The summed E-state index contributed by atoms with van der Waals surface area (Å²) in [4.78, 5) is 22.9. The fourth-order valence-corrected chi connectivity index (χ4v) is 2.18. The molecule has 0 aromatic heterocycles. The number of carbonyl (C=O) groups excluding carboxylic acids is 1. The van der Waals surface area contributed by atoms with Gasteiger partial charge < -0.3 is 10.4 Å². The molecule has 0 saturated heterocycles. The number of amides is 1. The summed E-state index contributed by atoms with van der Waals surface area (Å²) in [5, 5.41) is 11.8. The normalized spacial score (nSPS) is 11.9. The summed E-state index contributed by atoms with van der Waals surface area (Å²) in [5.74, 6) is -1.49. The number of carboxylic acid groups (broad SMARTS) is 1. The maximum atomic E-state index is 11.5. The summed E-state index contributed by atoms with van der Waals surface area (Å²) >= 11 is 7.27. The predicted molar refractivity (Wildman–Crippen MR) is 72.0 cm³/mol. The van der Waals surface area contributed by atoms with E-state index in [2.05, 4.69) is 5.32 Å². The van der Waals surface area contributed by atoms with Crippen LogP contribution in [0.4, 0.5) is 0 Å². The van der Waals surface area contributed by atoms with E-state index < -0.39 is 11.9 Å².